The van der Waals surface area contributed by atoms with Crippen LogP contribution in [0.2, 0.25) is 0 Å². The summed E-state index contributed by atoms with van der Waals surface area (Å²) in [6, 6.07) is 0.520. The fraction of sp³-hybridized carbons (Fsp3) is 0.769. The molecule has 1 aromatic rings. The molecule has 1 N–H and O–H groups in total. The van der Waals surface area contributed by atoms with Gasteiger partial charge in [-0.2, -0.15) is 0 Å². The lowest BCUT2D eigenvalue weighted by atomic mass is 9.88. The second kappa shape index (κ2) is 4.46. The molecule has 0 aromatic carbocycles. The van der Waals surface area contributed by atoms with E-state index in [1.54, 1.807) is 0 Å². The normalized spacial score (nSPS) is 17.5. The molecule has 90 valence electrons. The minimum atomic E-state index is 0.319. The largest absolute Gasteiger partial charge is 0.307 e. The SMILES string of the molecule is CC(NCc1nc2c(s1)CCC2)C(C)(C)C. The Morgan fingerprint density at radius 2 is 2.12 bits per heavy atom. The number of thiazole rings is 1. The van der Waals surface area contributed by atoms with Crippen molar-refractivity contribution in [1.82, 2.24) is 10.3 Å². The van der Waals surface area contributed by atoms with Crippen LogP contribution in [-0.2, 0) is 19.4 Å². The Balaban J connectivity index is 1.90. The molecule has 0 bridgehead atoms. The molecule has 1 aromatic heterocycles. The lowest BCUT2D eigenvalue weighted by Gasteiger charge is -2.27. The summed E-state index contributed by atoms with van der Waals surface area (Å²) in [5, 5.41) is 4.84. The van der Waals surface area contributed by atoms with Gasteiger partial charge in [-0.1, -0.05) is 20.8 Å². The maximum atomic E-state index is 4.70. The third-order valence-corrected chi connectivity index (χ3v) is 4.66. The maximum absolute atomic E-state index is 4.70. The molecule has 0 saturated heterocycles. The van der Waals surface area contributed by atoms with Crippen molar-refractivity contribution in [3.8, 4) is 0 Å². The van der Waals surface area contributed by atoms with Crippen molar-refractivity contribution in [2.75, 3.05) is 0 Å². The van der Waals surface area contributed by atoms with Crippen LogP contribution >= 0.6 is 11.3 Å². The van der Waals surface area contributed by atoms with Gasteiger partial charge in [-0.15, -0.1) is 11.3 Å². The van der Waals surface area contributed by atoms with Crippen LogP contribution in [0.25, 0.3) is 0 Å². The third kappa shape index (κ3) is 2.64. The van der Waals surface area contributed by atoms with Gasteiger partial charge in [0.05, 0.1) is 5.69 Å². The van der Waals surface area contributed by atoms with Crippen LogP contribution in [0.5, 0.6) is 0 Å². The summed E-state index contributed by atoms with van der Waals surface area (Å²) in [6.07, 6.45) is 3.75. The molecule has 3 heteroatoms. The van der Waals surface area contributed by atoms with Crippen LogP contribution in [0.4, 0.5) is 0 Å². The third-order valence-electron chi connectivity index (χ3n) is 3.50. The lowest BCUT2D eigenvalue weighted by molar-refractivity contribution is 0.285. The predicted octanol–water partition coefficient (Wildman–Crippen LogP) is 3.16. The Morgan fingerprint density at radius 1 is 1.38 bits per heavy atom. The van der Waals surface area contributed by atoms with E-state index >= 15 is 0 Å². The van der Waals surface area contributed by atoms with E-state index in [2.05, 4.69) is 33.0 Å². The van der Waals surface area contributed by atoms with Crippen molar-refractivity contribution < 1.29 is 0 Å². The molecule has 1 aliphatic carbocycles. The van der Waals surface area contributed by atoms with E-state index in [1.807, 2.05) is 11.3 Å². The van der Waals surface area contributed by atoms with Crippen LogP contribution in [0.15, 0.2) is 0 Å². The summed E-state index contributed by atoms with van der Waals surface area (Å²) < 4.78 is 0. The molecule has 0 amide bonds. The average molecular weight is 238 g/mol. The number of hydrogen-bond acceptors (Lipinski definition) is 3. The zero-order valence-corrected chi connectivity index (χ0v) is 11.6. The highest BCUT2D eigenvalue weighted by Gasteiger charge is 2.21. The van der Waals surface area contributed by atoms with Crippen molar-refractivity contribution in [2.45, 2.75) is 59.5 Å². The van der Waals surface area contributed by atoms with E-state index in [4.69, 9.17) is 4.98 Å². The fourth-order valence-electron chi connectivity index (χ4n) is 1.87. The highest BCUT2D eigenvalue weighted by atomic mass is 32.1. The van der Waals surface area contributed by atoms with E-state index in [1.165, 1.54) is 34.8 Å². The van der Waals surface area contributed by atoms with E-state index < -0.39 is 0 Å². The summed E-state index contributed by atoms with van der Waals surface area (Å²) in [5.74, 6) is 0. The Bertz CT molecular complexity index is 341. The van der Waals surface area contributed by atoms with Crippen LogP contribution in [0, 0.1) is 5.41 Å². The number of aromatic nitrogens is 1. The summed E-state index contributed by atoms with van der Waals surface area (Å²) in [6.45, 7) is 9.99. The van der Waals surface area contributed by atoms with Crippen molar-refractivity contribution in [1.29, 1.82) is 0 Å². The number of fused-ring (bicyclic) bond motifs is 1. The van der Waals surface area contributed by atoms with Crippen LogP contribution in [-0.4, -0.2) is 11.0 Å². The first kappa shape index (κ1) is 12.1. The van der Waals surface area contributed by atoms with Gasteiger partial charge in [0.2, 0.25) is 0 Å². The van der Waals surface area contributed by atoms with Gasteiger partial charge in [0, 0.05) is 17.5 Å². The predicted molar refractivity (Wildman–Crippen MR) is 69.9 cm³/mol. The fourth-order valence-corrected chi connectivity index (χ4v) is 2.97. The van der Waals surface area contributed by atoms with Gasteiger partial charge in [0.15, 0.2) is 0 Å². The summed E-state index contributed by atoms with van der Waals surface area (Å²) in [4.78, 5) is 6.23. The summed E-state index contributed by atoms with van der Waals surface area (Å²) >= 11 is 1.90. The van der Waals surface area contributed by atoms with Crippen LogP contribution in [0.1, 0.15) is 49.7 Å². The summed E-state index contributed by atoms with van der Waals surface area (Å²) in [5.41, 5.74) is 1.69. The monoisotopic (exact) mass is 238 g/mol. The highest BCUT2D eigenvalue weighted by Crippen LogP contribution is 2.27. The number of aryl methyl sites for hydroxylation is 2. The molecule has 0 aliphatic heterocycles. The van der Waals surface area contributed by atoms with E-state index in [-0.39, 0.29) is 0 Å². The lowest BCUT2D eigenvalue weighted by Crippen LogP contribution is -2.37. The second-order valence-electron chi connectivity index (χ2n) is 5.80. The van der Waals surface area contributed by atoms with Crippen molar-refractivity contribution in [3.05, 3.63) is 15.6 Å². The molecule has 0 saturated carbocycles. The standard InChI is InChI=1S/C13H22N2S/c1-9(13(2,3)4)14-8-12-15-10-6-5-7-11(10)16-12/h9,14H,5-8H2,1-4H3. The Hall–Kier alpha value is -0.410. The van der Waals surface area contributed by atoms with Gasteiger partial charge >= 0.3 is 0 Å². The van der Waals surface area contributed by atoms with E-state index in [0.717, 1.165) is 6.54 Å². The van der Waals surface area contributed by atoms with Gasteiger partial charge in [0.1, 0.15) is 5.01 Å². The van der Waals surface area contributed by atoms with Gasteiger partial charge in [-0.25, -0.2) is 4.98 Å². The minimum absolute atomic E-state index is 0.319. The molecule has 1 unspecified atom stereocenters. The quantitative estimate of drug-likeness (QED) is 0.875. The van der Waals surface area contributed by atoms with Gasteiger partial charge in [0.25, 0.3) is 0 Å². The molecule has 0 spiro atoms. The second-order valence-corrected chi connectivity index (χ2v) is 6.97. The Kier molecular flexibility index (Phi) is 3.36. The molecule has 16 heavy (non-hydrogen) atoms. The van der Waals surface area contributed by atoms with Crippen molar-refractivity contribution in [2.24, 2.45) is 5.41 Å². The first-order chi connectivity index (χ1) is 7.47. The first-order valence-electron chi connectivity index (χ1n) is 6.17. The Morgan fingerprint density at radius 3 is 2.75 bits per heavy atom. The zero-order chi connectivity index (χ0) is 11.8. The van der Waals surface area contributed by atoms with Gasteiger partial charge < -0.3 is 5.32 Å². The average Bonchev–Trinajstić information content (AvgIpc) is 2.71. The molecule has 1 atom stereocenters. The minimum Gasteiger partial charge on any atom is -0.307 e. The molecule has 2 nitrogen and oxygen atoms in total. The van der Waals surface area contributed by atoms with E-state index in [0.29, 0.717) is 11.5 Å². The van der Waals surface area contributed by atoms with Crippen LogP contribution < -0.4 is 5.32 Å². The molecular weight excluding hydrogens is 216 g/mol. The molecule has 1 aliphatic rings. The van der Waals surface area contributed by atoms with E-state index in [9.17, 15) is 0 Å². The molecule has 1 heterocycles. The number of nitrogens with zero attached hydrogens (tertiary/aromatic N) is 1. The highest BCUT2D eigenvalue weighted by molar-refractivity contribution is 7.11. The maximum Gasteiger partial charge on any atom is 0.107 e. The first-order valence-corrected chi connectivity index (χ1v) is 6.99. The molecule has 0 radical (unpaired) electrons. The van der Waals surface area contributed by atoms with Crippen LogP contribution in [0.3, 0.4) is 0 Å². The van der Waals surface area contributed by atoms with Crippen molar-refractivity contribution >= 4 is 11.3 Å². The molecule has 2 rings (SSSR count). The number of nitrogens with one attached hydrogen (secondary N) is 1. The van der Waals surface area contributed by atoms with Gasteiger partial charge in [-0.05, 0) is 31.6 Å². The number of hydrogen-bond donors (Lipinski definition) is 1. The topological polar surface area (TPSA) is 24.9 Å². The Labute approximate surface area is 102 Å². The zero-order valence-electron chi connectivity index (χ0n) is 10.8. The van der Waals surface area contributed by atoms with Gasteiger partial charge in [-0.3, -0.25) is 0 Å². The number of rotatable bonds is 3. The molecular formula is C13H22N2S. The molecule has 0 fully saturated rings. The smallest absolute Gasteiger partial charge is 0.107 e. The summed E-state index contributed by atoms with van der Waals surface area (Å²) in [7, 11) is 0. The van der Waals surface area contributed by atoms with Crippen molar-refractivity contribution in [3.63, 3.8) is 0 Å².